The van der Waals surface area contributed by atoms with E-state index in [1.807, 2.05) is 27.7 Å². The largest absolute Gasteiger partial charge is 0.367 e. The minimum atomic E-state index is -0.274. The van der Waals surface area contributed by atoms with E-state index in [-0.39, 0.29) is 36.0 Å². The number of rotatable bonds is 3. The fourth-order valence-corrected chi connectivity index (χ4v) is 2.94. The molecule has 0 radical (unpaired) electrons. The standard InChI is InChI=1S/C19H29FN4O2/c1-13-11-24(12-16(26-13)14-6-8-15(20)9-7-14)18(21-5)22-10-17(25)23-19(2,3)4/h6-9,13,16H,10-12H2,1-5H3,(H,21,22)(H,23,25). The van der Waals surface area contributed by atoms with Crippen LogP contribution in [0.4, 0.5) is 4.39 Å². The van der Waals surface area contributed by atoms with Crippen molar-refractivity contribution in [1.82, 2.24) is 15.5 Å². The number of aliphatic imine (C=N–C) groups is 1. The van der Waals surface area contributed by atoms with Crippen molar-refractivity contribution < 1.29 is 13.9 Å². The van der Waals surface area contributed by atoms with E-state index in [1.165, 1.54) is 12.1 Å². The van der Waals surface area contributed by atoms with Crippen LogP contribution in [-0.4, -0.2) is 55.1 Å². The van der Waals surface area contributed by atoms with Crippen LogP contribution in [-0.2, 0) is 9.53 Å². The summed E-state index contributed by atoms with van der Waals surface area (Å²) in [7, 11) is 1.69. The number of halogens is 1. The lowest BCUT2D eigenvalue weighted by molar-refractivity contribution is -0.121. The van der Waals surface area contributed by atoms with E-state index < -0.39 is 0 Å². The first-order chi connectivity index (χ1) is 12.2. The second-order valence-corrected chi connectivity index (χ2v) is 7.59. The van der Waals surface area contributed by atoms with E-state index in [2.05, 4.69) is 20.5 Å². The number of nitrogens with one attached hydrogen (secondary N) is 2. The molecule has 6 nitrogen and oxygen atoms in total. The highest BCUT2D eigenvalue weighted by Gasteiger charge is 2.28. The second kappa shape index (κ2) is 8.49. The lowest BCUT2D eigenvalue weighted by Gasteiger charge is -2.38. The van der Waals surface area contributed by atoms with Crippen LogP contribution in [0.5, 0.6) is 0 Å². The highest BCUT2D eigenvalue weighted by Crippen LogP contribution is 2.25. The van der Waals surface area contributed by atoms with Gasteiger partial charge in [-0.1, -0.05) is 12.1 Å². The average molecular weight is 364 g/mol. The molecule has 1 saturated heterocycles. The quantitative estimate of drug-likeness (QED) is 0.637. The van der Waals surface area contributed by atoms with Gasteiger partial charge in [-0.3, -0.25) is 9.79 Å². The first-order valence-corrected chi connectivity index (χ1v) is 8.85. The Hall–Kier alpha value is -2.15. The molecule has 1 aliphatic heterocycles. The number of benzene rings is 1. The zero-order valence-corrected chi connectivity index (χ0v) is 16.2. The molecule has 0 saturated carbocycles. The maximum atomic E-state index is 13.2. The molecule has 144 valence electrons. The van der Waals surface area contributed by atoms with Gasteiger partial charge in [-0.2, -0.15) is 0 Å². The summed E-state index contributed by atoms with van der Waals surface area (Å²) in [5.41, 5.74) is 0.646. The Bertz CT molecular complexity index is 640. The van der Waals surface area contributed by atoms with E-state index in [4.69, 9.17) is 4.74 Å². The highest BCUT2D eigenvalue weighted by atomic mass is 19.1. The van der Waals surface area contributed by atoms with Gasteiger partial charge in [-0.05, 0) is 45.4 Å². The summed E-state index contributed by atoms with van der Waals surface area (Å²) in [6.45, 7) is 9.21. The summed E-state index contributed by atoms with van der Waals surface area (Å²) in [4.78, 5) is 18.4. The van der Waals surface area contributed by atoms with Crippen molar-refractivity contribution in [3.63, 3.8) is 0 Å². The van der Waals surface area contributed by atoms with E-state index in [0.29, 0.717) is 19.0 Å². The van der Waals surface area contributed by atoms with Gasteiger partial charge in [0.05, 0.1) is 19.2 Å². The maximum absolute atomic E-state index is 13.2. The zero-order valence-electron chi connectivity index (χ0n) is 16.2. The minimum Gasteiger partial charge on any atom is -0.367 e. The van der Waals surface area contributed by atoms with Gasteiger partial charge in [-0.25, -0.2) is 4.39 Å². The molecule has 2 rings (SSSR count). The molecule has 1 fully saturated rings. The molecule has 1 aromatic carbocycles. The van der Waals surface area contributed by atoms with Crippen molar-refractivity contribution in [3.05, 3.63) is 35.6 Å². The van der Waals surface area contributed by atoms with Gasteiger partial charge in [0.1, 0.15) is 11.9 Å². The van der Waals surface area contributed by atoms with Crippen molar-refractivity contribution in [3.8, 4) is 0 Å². The van der Waals surface area contributed by atoms with Gasteiger partial charge in [0.15, 0.2) is 5.96 Å². The molecule has 2 N–H and O–H groups in total. The highest BCUT2D eigenvalue weighted by molar-refractivity contribution is 5.86. The predicted molar refractivity (Wildman–Crippen MR) is 101 cm³/mol. The molecule has 2 atom stereocenters. The van der Waals surface area contributed by atoms with Gasteiger partial charge in [0.25, 0.3) is 0 Å². The fraction of sp³-hybridized carbons (Fsp3) is 0.579. The molecule has 2 unspecified atom stereocenters. The van der Waals surface area contributed by atoms with Crippen molar-refractivity contribution in [1.29, 1.82) is 0 Å². The fourth-order valence-electron chi connectivity index (χ4n) is 2.94. The number of hydrogen-bond acceptors (Lipinski definition) is 3. The Morgan fingerprint density at radius 1 is 1.31 bits per heavy atom. The van der Waals surface area contributed by atoms with E-state index in [9.17, 15) is 9.18 Å². The number of guanidine groups is 1. The number of amides is 1. The SMILES string of the molecule is CN=C(NCC(=O)NC(C)(C)C)N1CC(C)OC(c2ccc(F)cc2)C1. The lowest BCUT2D eigenvalue weighted by Crippen LogP contribution is -2.53. The molecule has 7 heteroatoms. The van der Waals surface area contributed by atoms with Crippen molar-refractivity contribution >= 4 is 11.9 Å². The van der Waals surface area contributed by atoms with Crippen LogP contribution in [0.1, 0.15) is 39.4 Å². The average Bonchev–Trinajstić information content (AvgIpc) is 2.54. The molecule has 1 aromatic rings. The zero-order chi connectivity index (χ0) is 19.3. The van der Waals surface area contributed by atoms with E-state index in [0.717, 1.165) is 5.56 Å². The molecule has 1 amide bonds. The van der Waals surface area contributed by atoms with Crippen LogP contribution in [0.3, 0.4) is 0 Å². The maximum Gasteiger partial charge on any atom is 0.239 e. The second-order valence-electron chi connectivity index (χ2n) is 7.59. The summed E-state index contributed by atoms with van der Waals surface area (Å²) in [5.74, 6) is 0.295. The number of hydrogen-bond donors (Lipinski definition) is 2. The number of ether oxygens (including phenoxy) is 1. The molecule has 26 heavy (non-hydrogen) atoms. The van der Waals surface area contributed by atoms with Gasteiger partial charge >= 0.3 is 0 Å². The van der Waals surface area contributed by atoms with E-state index in [1.54, 1.807) is 19.2 Å². The molecule has 0 aromatic heterocycles. The molecule has 0 spiro atoms. The Balaban J connectivity index is 2.00. The number of carbonyl (C=O) groups excluding carboxylic acids is 1. The van der Waals surface area contributed by atoms with Crippen LogP contribution in [0.15, 0.2) is 29.3 Å². The minimum absolute atomic E-state index is 0.0132. The smallest absolute Gasteiger partial charge is 0.239 e. The molecule has 1 aliphatic rings. The predicted octanol–water partition coefficient (Wildman–Crippen LogP) is 2.08. The van der Waals surface area contributed by atoms with Crippen molar-refractivity contribution in [2.45, 2.75) is 45.4 Å². The monoisotopic (exact) mass is 364 g/mol. The first-order valence-electron chi connectivity index (χ1n) is 8.85. The van der Waals surface area contributed by atoms with Crippen LogP contribution < -0.4 is 10.6 Å². The van der Waals surface area contributed by atoms with Gasteiger partial charge in [0, 0.05) is 19.1 Å². The molecular formula is C19H29FN4O2. The topological polar surface area (TPSA) is 66.0 Å². The van der Waals surface area contributed by atoms with Gasteiger partial charge < -0.3 is 20.3 Å². The lowest BCUT2D eigenvalue weighted by atomic mass is 10.1. The molecule has 0 bridgehead atoms. The Labute approximate surface area is 154 Å². The summed E-state index contributed by atoms with van der Waals surface area (Å²) in [6, 6.07) is 6.35. The van der Waals surface area contributed by atoms with Gasteiger partial charge in [0.2, 0.25) is 5.91 Å². The summed E-state index contributed by atoms with van der Waals surface area (Å²) < 4.78 is 19.2. The number of nitrogens with zero attached hydrogens (tertiary/aromatic N) is 2. The third-order valence-corrected chi connectivity index (χ3v) is 3.93. The normalized spacial score (nSPS) is 21.5. The third kappa shape index (κ3) is 5.98. The molecule has 1 heterocycles. The van der Waals surface area contributed by atoms with Crippen molar-refractivity contribution in [2.24, 2.45) is 4.99 Å². The van der Waals surface area contributed by atoms with Crippen LogP contribution in [0.25, 0.3) is 0 Å². The Morgan fingerprint density at radius 2 is 1.96 bits per heavy atom. The van der Waals surface area contributed by atoms with Gasteiger partial charge in [-0.15, -0.1) is 0 Å². The van der Waals surface area contributed by atoms with Crippen LogP contribution >= 0.6 is 0 Å². The number of carbonyl (C=O) groups is 1. The van der Waals surface area contributed by atoms with Crippen molar-refractivity contribution in [2.75, 3.05) is 26.7 Å². The Morgan fingerprint density at radius 3 is 2.54 bits per heavy atom. The molecule has 0 aliphatic carbocycles. The summed E-state index contributed by atoms with van der Waals surface area (Å²) in [5, 5.41) is 6.03. The van der Waals surface area contributed by atoms with Crippen LogP contribution in [0, 0.1) is 5.82 Å². The first kappa shape index (κ1) is 20.2. The molecular weight excluding hydrogens is 335 g/mol. The summed E-state index contributed by atoms with van der Waals surface area (Å²) in [6.07, 6.45) is -0.193. The number of morpholine rings is 1. The van der Waals surface area contributed by atoms with Crippen LogP contribution in [0.2, 0.25) is 0 Å². The Kier molecular flexibility index (Phi) is 6.58. The van der Waals surface area contributed by atoms with E-state index >= 15 is 0 Å². The third-order valence-electron chi connectivity index (χ3n) is 3.93. The summed E-state index contributed by atoms with van der Waals surface area (Å²) >= 11 is 0.